The molecule has 0 aromatic carbocycles. The molecule has 1 atom stereocenters. The Morgan fingerprint density at radius 2 is 2.10 bits per heavy atom. The summed E-state index contributed by atoms with van der Waals surface area (Å²) in [5, 5.41) is 3.32. The molecule has 20 heavy (non-hydrogen) atoms. The molecule has 1 fully saturated rings. The van der Waals surface area contributed by atoms with Gasteiger partial charge >= 0.3 is 0 Å². The van der Waals surface area contributed by atoms with Crippen molar-refractivity contribution >= 4 is 23.7 Å². The summed E-state index contributed by atoms with van der Waals surface area (Å²) < 4.78 is 0. The molecule has 0 aliphatic carbocycles. The Hall–Kier alpha value is -0.0900. The number of nitrogens with zero attached hydrogens (tertiary/aromatic N) is 1. The van der Waals surface area contributed by atoms with Crippen molar-refractivity contribution in [2.75, 3.05) is 26.7 Å². The van der Waals surface area contributed by atoms with Crippen LogP contribution in [0.5, 0.6) is 0 Å². The van der Waals surface area contributed by atoms with Gasteiger partial charge < -0.3 is 5.32 Å². The Kier molecular flexibility index (Phi) is 6.99. The van der Waals surface area contributed by atoms with Crippen LogP contribution < -0.4 is 5.32 Å². The largest absolute Gasteiger partial charge is 0.319 e. The normalized spacial score (nSPS) is 20.7. The van der Waals surface area contributed by atoms with Crippen LogP contribution in [-0.4, -0.2) is 31.6 Å². The van der Waals surface area contributed by atoms with E-state index in [4.69, 9.17) is 0 Å². The molecule has 1 saturated heterocycles. The standard InChI is InChI=1S/C16H28N2S.ClH/c1-16(2,3)15-8-7-14(19-15)12-18-9-5-6-13(11-18)10-17-4;/h7-8,13,17H,5-6,9-12H2,1-4H3;1H. The minimum Gasteiger partial charge on any atom is -0.319 e. The Bertz CT molecular complexity index is 395. The van der Waals surface area contributed by atoms with Crippen LogP contribution in [0.25, 0.3) is 0 Å². The monoisotopic (exact) mass is 316 g/mol. The molecule has 1 N–H and O–H groups in total. The minimum atomic E-state index is 0. The van der Waals surface area contributed by atoms with Crippen LogP contribution in [0.4, 0.5) is 0 Å². The fraction of sp³-hybridized carbons (Fsp3) is 0.750. The molecule has 1 aromatic heterocycles. The lowest BCUT2D eigenvalue weighted by atomic mass is 9.95. The summed E-state index contributed by atoms with van der Waals surface area (Å²) in [6.45, 7) is 11.7. The Morgan fingerprint density at radius 3 is 2.70 bits per heavy atom. The van der Waals surface area contributed by atoms with Gasteiger partial charge in [0.1, 0.15) is 0 Å². The van der Waals surface area contributed by atoms with Crippen molar-refractivity contribution in [1.82, 2.24) is 10.2 Å². The van der Waals surface area contributed by atoms with Gasteiger partial charge in [-0.3, -0.25) is 4.90 Å². The van der Waals surface area contributed by atoms with E-state index in [1.54, 1.807) is 0 Å². The smallest absolute Gasteiger partial charge is 0.0328 e. The van der Waals surface area contributed by atoms with Gasteiger partial charge in [-0.2, -0.15) is 0 Å². The predicted molar refractivity (Wildman–Crippen MR) is 92.2 cm³/mol. The second-order valence-electron chi connectivity index (χ2n) is 6.82. The summed E-state index contributed by atoms with van der Waals surface area (Å²) in [6, 6.07) is 4.64. The lowest BCUT2D eigenvalue weighted by Gasteiger charge is -2.32. The third-order valence-corrected chi connectivity index (χ3v) is 5.37. The van der Waals surface area contributed by atoms with Crippen LogP contribution in [0.2, 0.25) is 0 Å². The number of nitrogens with one attached hydrogen (secondary N) is 1. The highest BCUT2D eigenvalue weighted by Gasteiger charge is 2.21. The molecule has 2 nitrogen and oxygen atoms in total. The maximum atomic E-state index is 3.32. The molecule has 0 amide bonds. The van der Waals surface area contributed by atoms with E-state index in [-0.39, 0.29) is 12.4 Å². The van der Waals surface area contributed by atoms with Crippen molar-refractivity contribution in [2.24, 2.45) is 5.92 Å². The highest BCUT2D eigenvalue weighted by Crippen LogP contribution is 2.30. The molecule has 1 aromatic rings. The van der Waals surface area contributed by atoms with E-state index in [2.05, 4.69) is 50.2 Å². The SMILES string of the molecule is CNCC1CCCN(Cc2ccc(C(C)(C)C)s2)C1.Cl. The summed E-state index contributed by atoms with van der Waals surface area (Å²) in [6.07, 6.45) is 2.73. The summed E-state index contributed by atoms with van der Waals surface area (Å²) in [4.78, 5) is 5.66. The highest BCUT2D eigenvalue weighted by atomic mass is 35.5. The fourth-order valence-corrected chi connectivity index (χ4v) is 3.94. The number of piperidine rings is 1. The molecule has 2 heterocycles. The summed E-state index contributed by atoms with van der Waals surface area (Å²) in [5.41, 5.74) is 0.291. The number of rotatable bonds is 4. The topological polar surface area (TPSA) is 15.3 Å². The average Bonchev–Trinajstić information content (AvgIpc) is 2.78. The van der Waals surface area contributed by atoms with Gasteiger partial charge in [-0.05, 0) is 56.4 Å². The minimum absolute atomic E-state index is 0. The molecular weight excluding hydrogens is 288 g/mol. The molecule has 1 unspecified atom stereocenters. The molecule has 1 aliphatic heterocycles. The van der Waals surface area contributed by atoms with E-state index < -0.39 is 0 Å². The molecule has 0 spiro atoms. The van der Waals surface area contributed by atoms with E-state index in [0.717, 1.165) is 19.0 Å². The van der Waals surface area contributed by atoms with Gasteiger partial charge in [-0.1, -0.05) is 20.8 Å². The quantitative estimate of drug-likeness (QED) is 0.906. The zero-order valence-corrected chi connectivity index (χ0v) is 14.9. The van der Waals surface area contributed by atoms with Crippen molar-refractivity contribution in [2.45, 2.75) is 45.6 Å². The van der Waals surface area contributed by atoms with E-state index in [9.17, 15) is 0 Å². The van der Waals surface area contributed by atoms with Crippen LogP contribution in [-0.2, 0) is 12.0 Å². The molecule has 116 valence electrons. The third-order valence-electron chi connectivity index (χ3n) is 3.88. The summed E-state index contributed by atoms with van der Waals surface area (Å²) in [5.74, 6) is 0.834. The maximum Gasteiger partial charge on any atom is 0.0328 e. The lowest BCUT2D eigenvalue weighted by molar-refractivity contribution is 0.168. The first-order valence-electron chi connectivity index (χ1n) is 7.45. The second-order valence-corrected chi connectivity index (χ2v) is 7.99. The first-order valence-corrected chi connectivity index (χ1v) is 8.27. The molecule has 0 bridgehead atoms. The molecule has 0 saturated carbocycles. The average molecular weight is 317 g/mol. The Labute approximate surface area is 134 Å². The molecule has 1 aliphatic rings. The van der Waals surface area contributed by atoms with E-state index in [1.807, 2.05) is 11.3 Å². The zero-order chi connectivity index (χ0) is 13.9. The van der Waals surface area contributed by atoms with Crippen LogP contribution in [0.3, 0.4) is 0 Å². The van der Waals surface area contributed by atoms with Gasteiger partial charge in [0.05, 0.1) is 0 Å². The first kappa shape index (κ1) is 18.0. The van der Waals surface area contributed by atoms with Crippen molar-refractivity contribution in [3.05, 3.63) is 21.9 Å². The number of halogens is 1. The van der Waals surface area contributed by atoms with Gasteiger partial charge in [0.2, 0.25) is 0 Å². The molecular formula is C16H29ClN2S. The third kappa shape index (κ3) is 5.03. The van der Waals surface area contributed by atoms with Gasteiger partial charge in [0.25, 0.3) is 0 Å². The van der Waals surface area contributed by atoms with E-state index in [0.29, 0.717) is 5.41 Å². The van der Waals surface area contributed by atoms with Crippen LogP contribution in [0, 0.1) is 5.92 Å². The molecule has 2 rings (SSSR count). The number of hydrogen-bond acceptors (Lipinski definition) is 3. The Balaban J connectivity index is 0.00000200. The van der Waals surface area contributed by atoms with Crippen LogP contribution >= 0.6 is 23.7 Å². The second kappa shape index (κ2) is 7.79. The Morgan fingerprint density at radius 1 is 1.35 bits per heavy atom. The first-order chi connectivity index (χ1) is 8.99. The van der Waals surface area contributed by atoms with Crippen molar-refractivity contribution in [3.63, 3.8) is 0 Å². The highest BCUT2D eigenvalue weighted by molar-refractivity contribution is 7.12. The lowest BCUT2D eigenvalue weighted by Crippen LogP contribution is -2.38. The summed E-state index contributed by atoms with van der Waals surface area (Å²) >= 11 is 1.99. The number of hydrogen-bond donors (Lipinski definition) is 1. The van der Waals surface area contributed by atoms with Crippen LogP contribution in [0.15, 0.2) is 12.1 Å². The zero-order valence-electron chi connectivity index (χ0n) is 13.2. The van der Waals surface area contributed by atoms with Gasteiger partial charge in [0.15, 0.2) is 0 Å². The number of thiophene rings is 1. The van der Waals surface area contributed by atoms with E-state index in [1.165, 1.54) is 35.7 Å². The predicted octanol–water partition coefficient (Wildman–Crippen LogP) is 3.90. The van der Waals surface area contributed by atoms with Crippen molar-refractivity contribution in [3.8, 4) is 0 Å². The van der Waals surface area contributed by atoms with E-state index >= 15 is 0 Å². The van der Waals surface area contributed by atoms with Crippen LogP contribution in [0.1, 0.15) is 43.4 Å². The van der Waals surface area contributed by atoms with Crippen molar-refractivity contribution < 1.29 is 0 Å². The van der Waals surface area contributed by atoms with Crippen molar-refractivity contribution in [1.29, 1.82) is 0 Å². The van der Waals surface area contributed by atoms with Gasteiger partial charge in [-0.15, -0.1) is 23.7 Å². The van der Waals surface area contributed by atoms with Gasteiger partial charge in [-0.25, -0.2) is 0 Å². The number of likely N-dealkylation sites (tertiary alicyclic amines) is 1. The molecule has 4 heteroatoms. The summed E-state index contributed by atoms with van der Waals surface area (Å²) in [7, 11) is 2.06. The fourth-order valence-electron chi connectivity index (χ4n) is 2.84. The van der Waals surface area contributed by atoms with Gasteiger partial charge in [0, 0.05) is 22.8 Å². The maximum absolute atomic E-state index is 3.32. The molecule has 0 radical (unpaired) electrons.